The van der Waals surface area contributed by atoms with Crippen molar-refractivity contribution in [1.29, 1.82) is 0 Å². The molecule has 0 atom stereocenters. The van der Waals surface area contributed by atoms with Crippen molar-refractivity contribution in [3.8, 4) is 11.5 Å². The summed E-state index contributed by atoms with van der Waals surface area (Å²) in [5.74, 6) is 0.858. The van der Waals surface area contributed by atoms with E-state index < -0.39 is 0 Å². The van der Waals surface area contributed by atoms with Gasteiger partial charge in [-0.15, -0.1) is 0 Å². The fourth-order valence-electron chi connectivity index (χ4n) is 2.58. The summed E-state index contributed by atoms with van der Waals surface area (Å²) < 4.78 is 11.9. The summed E-state index contributed by atoms with van der Waals surface area (Å²) in [6.07, 6.45) is 1.75. The van der Waals surface area contributed by atoms with E-state index in [9.17, 15) is 4.79 Å². The van der Waals surface area contributed by atoms with Crippen LogP contribution in [0.25, 0.3) is 6.08 Å². The largest absolute Gasteiger partial charge is 0.493 e. The van der Waals surface area contributed by atoms with E-state index in [-0.39, 0.29) is 5.91 Å². The number of likely N-dealkylation sites (N-methyl/N-ethyl adjacent to an activating group) is 1. The Kier molecular flexibility index (Phi) is 6.09. The highest BCUT2D eigenvalue weighted by Gasteiger charge is 2.28. The molecule has 0 unspecified atom stereocenters. The molecular weight excluding hydrogens is 402 g/mol. The normalized spacial score (nSPS) is 15.6. The van der Waals surface area contributed by atoms with Gasteiger partial charge in [0.2, 0.25) is 0 Å². The number of aryl methyl sites for hydroxylation is 1. The van der Waals surface area contributed by atoms with Crippen molar-refractivity contribution in [3.63, 3.8) is 0 Å². The number of thiocarbonyl (C=S) groups is 1. The van der Waals surface area contributed by atoms with Crippen molar-refractivity contribution >= 4 is 51.9 Å². The second-order valence-electron chi connectivity index (χ2n) is 5.99. The molecule has 1 heterocycles. The van der Waals surface area contributed by atoms with Crippen molar-refractivity contribution < 1.29 is 14.3 Å². The minimum Gasteiger partial charge on any atom is -0.493 e. The summed E-state index contributed by atoms with van der Waals surface area (Å²) in [7, 11) is 3.22. The standard InChI is InChI=1S/C20H18ClNO3S2/c1-12-6-4-5-7-14(12)11-25-18-15(21)8-13(9-16(18)24-3)10-17-19(23)22(2)20(26)27-17/h4-10H,11H2,1-3H3/b17-10+. The highest BCUT2D eigenvalue weighted by atomic mass is 35.5. The molecule has 3 rings (SSSR count). The van der Waals surface area contributed by atoms with Crippen LogP contribution in [0.4, 0.5) is 0 Å². The summed E-state index contributed by atoms with van der Waals surface area (Å²) in [6.45, 7) is 2.42. The Balaban J connectivity index is 1.87. The number of halogens is 1. The molecule has 0 radical (unpaired) electrons. The SMILES string of the molecule is COc1cc(/C=C2/SC(=S)N(C)C2=O)cc(Cl)c1OCc1ccccc1C. The molecule has 1 aliphatic heterocycles. The molecule has 4 nitrogen and oxygen atoms in total. The first-order valence-corrected chi connectivity index (χ1v) is 9.77. The van der Waals surface area contributed by atoms with Crippen molar-refractivity contribution in [2.75, 3.05) is 14.2 Å². The van der Waals surface area contributed by atoms with Gasteiger partial charge in [-0.1, -0.05) is 59.8 Å². The topological polar surface area (TPSA) is 38.8 Å². The highest BCUT2D eigenvalue weighted by Crippen LogP contribution is 2.39. The first-order chi connectivity index (χ1) is 12.9. The number of ether oxygens (including phenoxy) is 2. The summed E-state index contributed by atoms with van der Waals surface area (Å²) >= 11 is 12.9. The van der Waals surface area contributed by atoms with Crippen molar-refractivity contribution in [3.05, 3.63) is 63.0 Å². The maximum absolute atomic E-state index is 12.2. The lowest BCUT2D eigenvalue weighted by atomic mass is 10.1. The van der Waals surface area contributed by atoms with E-state index in [1.165, 1.54) is 16.7 Å². The van der Waals surface area contributed by atoms with Gasteiger partial charge in [-0.2, -0.15) is 0 Å². The van der Waals surface area contributed by atoms with Gasteiger partial charge in [0.05, 0.1) is 17.0 Å². The number of amides is 1. The Morgan fingerprint density at radius 2 is 2.04 bits per heavy atom. The van der Waals surface area contributed by atoms with Gasteiger partial charge in [0, 0.05) is 7.05 Å². The molecule has 2 aromatic rings. The summed E-state index contributed by atoms with van der Waals surface area (Å²) in [5.41, 5.74) is 2.96. The van der Waals surface area contributed by atoms with Crippen LogP contribution < -0.4 is 9.47 Å². The maximum Gasteiger partial charge on any atom is 0.265 e. The smallest absolute Gasteiger partial charge is 0.265 e. The van der Waals surface area contributed by atoms with Gasteiger partial charge in [0.1, 0.15) is 10.9 Å². The van der Waals surface area contributed by atoms with Crippen LogP contribution in [0, 0.1) is 6.92 Å². The van der Waals surface area contributed by atoms with Crippen LogP contribution in [0.15, 0.2) is 41.3 Å². The molecule has 1 saturated heterocycles. The lowest BCUT2D eigenvalue weighted by molar-refractivity contribution is -0.121. The van der Waals surface area contributed by atoms with Gasteiger partial charge < -0.3 is 9.47 Å². The van der Waals surface area contributed by atoms with Gasteiger partial charge in [-0.3, -0.25) is 9.69 Å². The van der Waals surface area contributed by atoms with Crippen molar-refractivity contribution in [2.45, 2.75) is 13.5 Å². The average molecular weight is 420 g/mol. The fraction of sp³-hybridized carbons (Fsp3) is 0.200. The molecule has 1 fully saturated rings. The molecule has 0 bridgehead atoms. The van der Waals surface area contributed by atoms with Crippen molar-refractivity contribution in [1.82, 2.24) is 4.90 Å². The molecule has 0 N–H and O–H groups in total. The summed E-state index contributed by atoms with van der Waals surface area (Å²) in [4.78, 5) is 14.2. The Labute approximate surface area is 173 Å². The molecule has 0 saturated carbocycles. The molecule has 140 valence electrons. The molecule has 0 aliphatic carbocycles. The Hall–Kier alpha value is -2.02. The van der Waals surface area contributed by atoms with E-state index in [2.05, 4.69) is 0 Å². The highest BCUT2D eigenvalue weighted by molar-refractivity contribution is 8.26. The first-order valence-electron chi connectivity index (χ1n) is 8.17. The molecule has 27 heavy (non-hydrogen) atoms. The molecule has 0 aromatic heterocycles. The first kappa shape index (κ1) is 19.7. The monoisotopic (exact) mass is 419 g/mol. The maximum atomic E-state index is 12.2. The van der Waals surface area contributed by atoms with Gasteiger partial charge in [-0.25, -0.2) is 0 Å². The lowest BCUT2D eigenvalue weighted by Gasteiger charge is -2.14. The number of hydrogen-bond donors (Lipinski definition) is 0. The molecule has 2 aromatic carbocycles. The van der Waals surface area contributed by atoms with E-state index >= 15 is 0 Å². The van der Waals surface area contributed by atoms with Crippen LogP contribution in [0.3, 0.4) is 0 Å². The quantitative estimate of drug-likeness (QED) is 0.500. The minimum atomic E-state index is -0.125. The molecule has 1 amide bonds. The van der Waals surface area contributed by atoms with Crippen LogP contribution in [0.2, 0.25) is 5.02 Å². The van der Waals surface area contributed by atoms with Crippen LogP contribution in [-0.4, -0.2) is 29.3 Å². The van der Waals surface area contributed by atoms with Crippen LogP contribution >= 0.6 is 35.6 Å². The average Bonchev–Trinajstić information content (AvgIpc) is 2.88. The Morgan fingerprint density at radius 3 is 2.67 bits per heavy atom. The minimum absolute atomic E-state index is 0.125. The van der Waals surface area contributed by atoms with Gasteiger partial charge in [-0.05, 0) is 41.8 Å². The summed E-state index contributed by atoms with van der Waals surface area (Å²) in [6, 6.07) is 11.5. The number of benzene rings is 2. The number of rotatable bonds is 5. The van der Waals surface area contributed by atoms with Crippen LogP contribution in [0.5, 0.6) is 11.5 Å². The van der Waals surface area contributed by atoms with Gasteiger partial charge in [0.25, 0.3) is 5.91 Å². The van der Waals surface area contributed by atoms with E-state index in [0.29, 0.717) is 32.4 Å². The van der Waals surface area contributed by atoms with Crippen molar-refractivity contribution in [2.24, 2.45) is 0 Å². The van der Waals surface area contributed by atoms with Crippen LogP contribution in [0.1, 0.15) is 16.7 Å². The molecule has 0 spiro atoms. The zero-order valence-corrected chi connectivity index (χ0v) is 17.5. The van der Waals surface area contributed by atoms with E-state index in [4.69, 9.17) is 33.3 Å². The summed E-state index contributed by atoms with van der Waals surface area (Å²) in [5, 5.41) is 0.418. The van der Waals surface area contributed by atoms with E-state index in [1.54, 1.807) is 32.4 Å². The number of carbonyl (C=O) groups excluding carboxylic acids is 1. The van der Waals surface area contributed by atoms with Gasteiger partial charge in [0.15, 0.2) is 11.5 Å². The van der Waals surface area contributed by atoms with Gasteiger partial charge >= 0.3 is 0 Å². The number of nitrogens with zero attached hydrogens (tertiary/aromatic N) is 1. The second kappa shape index (κ2) is 8.33. The zero-order chi connectivity index (χ0) is 19.6. The molecule has 1 aliphatic rings. The lowest BCUT2D eigenvalue weighted by Crippen LogP contribution is -2.22. The second-order valence-corrected chi connectivity index (χ2v) is 8.07. The number of hydrogen-bond acceptors (Lipinski definition) is 5. The predicted octanol–water partition coefficient (Wildman–Crippen LogP) is 5.07. The number of methoxy groups -OCH3 is 1. The third kappa shape index (κ3) is 4.29. The fourth-order valence-corrected chi connectivity index (χ4v) is 4.04. The number of carbonyl (C=O) groups is 1. The van der Waals surface area contributed by atoms with E-state index in [0.717, 1.165) is 16.7 Å². The number of thioether (sulfide) groups is 1. The zero-order valence-electron chi connectivity index (χ0n) is 15.1. The third-order valence-corrected chi connectivity index (χ3v) is 5.93. The third-order valence-electron chi connectivity index (χ3n) is 4.17. The Bertz CT molecular complexity index is 943. The predicted molar refractivity (Wildman–Crippen MR) is 114 cm³/mol. The Morgan fingerprint density at radius 1 is 1.30 bits per heavy atom. The van der Waals surface area contributed by atoms with E-state index in [1.807, 2.05) is 31.2 Å². The molecule has 7 heteroatoms. The van der Waals surface area contributed by atoms with Crippen LogP contribution in [-0.2, 0) is 11.4 Å². The molecular formula is C20H18ClNO3S2.